The van der Waals surface area contributed by atoms with Crippen LogP contribution >= 0.6 is 0 Å². The first-order valence-corrected chi connectivity index (χ1v) is 10.8. The fourth-order valence-electron chi connectivity index (χ4n) is 3.64. The van der Waals surface area contributed by atoms with Crippen molar-refractivity contribution in [3.8, 4) is 0 Å². The van der Waals surface area contributed by atoms with Crippen molar-refractivity contribution < 1.29 is 18.0 Å². The second-order valence-corrected chi connectivity index (χ2v) is 8.85. The van der Waals surface area contributed by atoms with Gasteiger partial charge in [0.15, 0.2) is 0 Å². The highest BCUT2D eigenvalue weighted by Crippen LogP contribution is 2.31. The molecule has 26 heavy (non-hydrogen) atoms. The van der Waals surface area contributed by atoms with Gasteiger partial charge >= 0.3 is 0 Å². The minimum Gasteiger partial charge on any atom is -0.352 e. The van der Waals surface area contributed by atoms with Crippen molar-refractivity contribution in [1.82, 2.24) is 10.2 Å². The first-order chi connectivity index (χ1) is 12.3. The summed E-state index contributed by atoms with van der Waals surface area (Å²) < 4.78 is 25.0. The van der Waals surface area contributed by atoms with Crippen LogP contribution in [0.1, 0.15) is 42.1 Å². The summed E-state index contributed by atoms with van der Waals surface area (Å²) in [4.78, 5) is 26.2. The quantitative estimate of drug-likeness (QED) is 0.850. The van der Waals surface area contributed by atoms with Crippen molar-refractivity contribution in [2.24, 2.45) is 0 Å². The topological polar surface area (TPSA) is 86.8 Å². The number of nitrogens with one attached hydrogen (secondary N) is 1. The summed E-state index contributed by atoms with van der Waals surface area (Å²) in [6, 6.07) is 5.21. The average molecular weight is 379 g/mol. The standard InChI is InChI=1S/C18H25N3O4S/c1-3-17(22)19-15-5-4-9-20(12-15)18(23)14-6-7-16-13(11-14)8-10-21(16)26(2,24)25/h6-7,11,15H,3-5,8-10,12H2,1-2H3,(H,19,22). The van der Waals surface area contributed by atoms with Gasteiger partial charge in [0.1, 0.15) is 0 Å². The Bertz CT molecular complexity index is 822. The van der Waals surface area contributed by atoms with Crippen LogP contribution in [0.25, 0.3) is 0 Å². The molecule has 142 valence electrons. The Kier molecular flexibility index (Phi) is 5.22. The first-order valence-electron chi connectivity index (χ1n) is 8.99. The number of piperidine rings is 1. The van der Waals surface area contributed by atoms with Crippen LogP contribution in [0.4, 0.5) is 5.69 Å². The lowest BCUT2D eigenvalue weighted by atomic mass is 10.0. The van der Waals surface area contributed by atoms with E-state index in [1.54, 1.807) is 23.1 Å². The van der Waals surface area contributed by atoms with Crippen LogP contribution in [0.5, 0.6) is 0 Å². The second kappa shape index (κ2) is 7.26. The smallest absolute Gasteiger partial charge is 0.253 e. The van der Waals surface area contributed by atoms with Crippen molar-refractivity contribution in [3.63, 3.8) is 0 Å². The molecule has 2 heterocycles. The third kappa shape index (κ3) is 3.85. The van der Waals surface area contributed by atoms with Crippen LogP contribution in [-0.4, -0.2) is 57.1 Å². The lowest BCUT2D eigenvalue weighted by Gasteiger charge is -2.33. The molecule has 8 heteroatoms. The SMILES string of the molecule is CCC(=O)NC1CCCN(C(=O)c2ccc3c(c2)CCN3S(C)(=O)=O)C1. The minimum atomic E-state index is -3.29. The van der Waals surface area contributed by atoms with Gasteiger partial charge in [0.25, 0.3) is 5.91 Å². The van der Waals surface area contributed by atoms with Crippen LogP contribution in [-0.2, 0) is 21.2 Å². The van der Waals surface area contributed by atoms with E-state index in [4.69, 9.17) is 0 Å². The maximum Gasteiger partial charge on any atom is 0.253 e. The number of benzene rings is 1. The zero-order valence-corrected chi connectivity index (χ0v) is 16.0. The molecule has 1 unspecified atom stereocenters. The van der Waals surface area contributed by atoms with Crippen molar-refractivity contribution >= 4 is 27.5 Å². The molecule has 3 rings (SSSR count). The van der Waals surface area contributed by atoms with E-state index in [-0.39, 0.29) is 17.9 Å². The molecule has 1 fully saturated rings. The molecule has 1 saturated heterocycles. The van der Waals surface area contributed by atoms with Crippen LogP contribution in [0.3, 0.4) is 0 Å². The lowest BCUT2D eigenvalue weighted by molar-refractivity contribution is -0.121. The molecule has 1 aromatic carbocycles. The summed E-state index contributed by atoms with van der Waals surface area (Å²) in [7, 11) is -3.29. The number of nitrogens with zero attached hydrogens (tertiary/aromatic N) is 2. The summed E-state index contributed by atoms with van der Waals surface area (Å²) >= 11 is 0. The van der Waals surface area contributed by atoms with Gasteiger partial charge in [0, 0.05) is 37.7 Å². The largest absolute Gasteiger partial charge is 0.352 e. The van der Waals surface area contributed by atoms with Crippen molar-refractivity contribution in [1.29, 1.82) is 0 Å². The first kappa shape index (κ1) is 18.7. The molecule has 2 amide bonds. The maximum absolute atomic E-state index is 12.9. The zero-order valence-electron chi connectivity index (χ0n) is 15.2. The number of hydrogen-bond acceptors (Lipinski definition) is 4. The molecule has 1 N–H and O–H groups in total. The molecular weight excluding hydrogens is 354 g/mol. The summed E-state index contributed by atoms with van der Waals surface area (Å²) in [6.45, 7) is 3.41. The van der Waals surface area contributed by atoms with Crippen LogP contribution in [0.15, 0.2) is 18.2 Å². The monoisotopic (exact) mass is 379 g/mol. The Morgan fingerprint density at radius 2 is 2.04 bits per heavy atom. The normalized spacial score (nSPS) is 20.0. The molecule has 0 saturated carbocycles. The van der Waals surface area contributed by atoms with Crippen molar-refractivity contribution in [3.05, 3.63) is 29.3 Å². The minimum absolute atomic E-state index is 0.00250. The van der Waals surface area contributed by atoms with E-state index in [9.17, 15) is 18.0 Å². The van der Waals surface area contributed by atoms with Crippen LogP contribution < -0.4 is 9.62 Å². The number of sulfonamides is 1. The van der Waals surface area contributed by atoms with E-state index >= 15 is 0 Å². The maximum atomic E-state index is 12.9. The van der Waals surface area contributed by atoms with Gasteiger partial charge in [-0.2, -0.15) is 0 Å². The molecule has 0 spiro atoms. The highest BCUT2D eigenvalue weighted by atomic mass is 32.2. The molecule has 0 bridgehead atoms. The van der Waals surface area contributed by atoms with E-state index in [2.05, 4.69) is 5.32 Å². The molecule has 0 aliphatic carbocycles. The van der Waals surface area contributed by atoms with E-state index < -0.39 is 10.0 Å². The number of anilines is 1. The van der Waals surface area contributed by atoms with E-state index in [1.807, 2.05) is 6.92 Å². The number of carbonyl (C=O) groups excluding carboxylic acids is 2. The highest BCUT2D eigenvalue weighted by Gasteiger charge is 2.29. The highest BCUT2D eigenvalue weighted by molar-refractivity contribution is 7.92. The fourth-order valence-corrected chi connectivity index (χ4v) is 4.60. The molecule has 1 aromatic rings. The lowest BCUT2D eigenvalue weighted by Crippen LogP contribution is -2.49. The molecule has 2 aliphatic heterocycles. The summed E-state index contributed by atoms with van der Waals surface area (Å²) in [5, 5.41) is 2.96. The number of rotatable bonds is 4. The van der Waals surface area contributed by atoms with Gasteiger partial charge in [0.05, 0.1) is 11.9 Å². The predicted octanol–water partition coefficient (Wildman–Crippen LogP) is 1.14. The van der Waals surface area contributed by atoms with Gasteiger partial charge in [-0.25, -0.2) is 8.42 Å². The number of hydrogen-bond donors (Lipinski definition) is 1. The predicted molar refractivity (Wildman–Crippen MR) is 99.7 cm³/mol. The van der Waals surface area contributed by atoms with Crippen molar-refractivity contribution in [2.45, 2.75) is 38.6 Å². The number of fused-ring (bicyclic) bond motifs is 1. The zero-order chi connectivity index (χ0) is 18.9. The molecule has 2 aliphatic rings. The Morgan fingerprint density at radius 1 is 1.27 bits per heavy atom. The average Bonchev–Trinajstić information content (AvgIpc) is 3.04. The third-order valence-electron chi connectivity index (χ3n) is 4.97. The summed E-state index contributed by atoms with van der Waals surface area (Å²) in [6.07, 6.45) is 3.97. The van der Waals surface area contributed by atoms with Gasteiger partial charge < -0.3 is 10.2 Å². The number of carbonyl (C=O) groups is 2. The molecule has 0 aromatic heterocycles. The Morgan fingerprint density at radius 3 is 2.73 bits per heavy atom. The Balaban J connectivity index is 1.74. The Labute approximate surface area is 154 Å². The van der Waals surface area contributed by atoms with Gasteiger partial charge in [-0.05, 0) is 43.0 Å². The fraction of sp³-hybridized carbons (Fsp3) is 0.556. The summed E-state index contributed by atoms with van der Waals surface area (Å²) in [5.74, 6) is -0.0660. The van der Waals surface area contributed by atoms with E-state index in [0.717, 1.165) is 18.4 Å². The van der Waals surface area contributed by atoms with Crippen molar-refractivity contribution in [2.75, 3.05) is 30.2 Å². The van der Waals surface area contributed by atoms with Gasteiger partial charge in [0.2, 0.25) is 15.9 Å². The third-order valence-corrected chi connectivity index (χ3v) is 6.15. The molecule has 7 nitrogen and oxygen atoms in total. The second-order valence-electron chi connectivity index (χ2n) is 6.94. The van der Waals surface area contributed by atoms with E-state index in [1.165, 1.54) is 10.6 Å². The molecule has 0 radical (unpaired) electrons. The summed E-state index contributed by atoms with van der Waals surface area (Å²) in [5.41, 5.74) is 2.12. The molecule has 1 atom stereocenters. The van der Waals surface area contributed by atoms with Crippen LogP contribution in [0.2, 0.25) is 0 Å². The van der Waals surface area contributed by atoms with Gasteiger partial charge in [-0.3, -0.25) is 13.9 Å². The van der Waals surface area contributed by atoms with Gasteiger partial charge in [-0.1, -0.05) is 6.92 Å². The Hall–Kier alpha value is -2.09. The van der Waals surface area contributed by atoms with E-state index in [0.29, 0.717) is 43.7 Å². The van der Waals surface area contributed by atoms with Crippen LogP contribution in [0, 0.1) is 0 Å². The number of likely N-dealkylation sites (tertiary alicyclic amines) is 1. The molecular formula is C18H25N3O4S. The number of amides is 2. The van der Waals surface area contributed by atoms with Gasteiger partial charge in [-0.15, -0.1) is 0 Å².